The second kappa shape index (κ2) is 3.93. The minimum Gasteiger partial charge on any atom is -0.394 e. The molecule has 5 nitrogen and oxygen atoms in total. The van der Waals surface area contributed by atoms with Gasteiger partial charge in [-0.1, -0.05) is 0 Å². The van der Waals surface area contributed by atoms with E-state index in [2.05, 4.69) is 4.98 Å². The molecule has 3 N–H and O–H groups in total. The van der Waals surface area contributed by atoms with Crippen LogP contribution in [0.15, 0.2) is 17.1 Å². The quantitative estimate of drug-likeness (QED) is 0.738. The van der Waals surface area contributed by atoms with Crippen LogP contribution in [0.3, 0.4) is 0 Å². The highest BCUT2D eigenvalue weighted by molar-refractivity contribution is 7.91. The molecule has 0 amide bonds. The van der Waals surface area contributed by atoms with E-state index in [1.165, 1.54) is 0 Å². The zero-order valence-electron chi connectivity index (χ0n) is 8.77. The lowest BCUT2D eigenvalue weighted by Gasteiger charge is -2.22. The van der Waals surface area contributed by atoms with Gasteiger partial charge in [0.15, 0.2) is 9.84 Å². The topological polar surface area (TPSA) is 93.0 Å². The van der Waals surface area contributed by atoms with Crippen LogP contribution in [-0.2, 0) is 9.84 Å². The molecule has 1 aliphatic heterocycles. The van der Waals surface area contributed by atoms with Crippen molar-refractivity contribution in [3.8, 4) is 0 Å². The van der Waals surface area contributed by atoms with Gasteiger partial charge in [-0.3, -0.25) is 4.79 Å². The Hall–Kier alpha value is -1.30. The lowest BCUT2D eigenvalue weighted by molar-refractivity contribution is 0.553. The van der Waals surface area contributed by atoms with Gasteiger partial charge in [-0.25, -0.2) is 8.42 Å². The van der Waals surface area contributed by atoms with Crippen molar-refractivity contribution in [3.05, 3.63) is 28.2 Å². The molecular formula is C10H14N2O3S. The fourth-order valence-corrected chi connectivity index (χ4v) is 3.79. The molecule has 0 saturated carbocycles. The first kappa shape index (κ1) is 11.2. The van der Waals surface area contributed by atoms with Gasteiger partial charge in [0.25, 0.3) is 5.56 Å². The summed E-state index contributed by atoms with van der Waals surface area (Å²) in [5.41, 5.74) is 6.12. The van der Waals surface area contributed by atoms with Gasteiger partial charge in [0.05, 0.1) is 17.2 Å². The highest BCUT2D eigenvalue weighted by Crippen LogP contribution is 2.27. The number of hydrogen-bond donors (Lipinski definition) is 2. The van der Waals surface area contributed by atoms with Crippen LogP contribution in [0.25, 0.3) is 0 Å². The van der Waals surface area contributed by atoms with E-state index in [1.54, 1.807) is 12.3 Å². The number of aromatic amines is 1. The molecule has 1 fully saturated rings. The number of sulfone groups is 1. The maximum atomic E-state index is 11.5. The zero-order valence-corrected chi connectivity index (χ0v) is 9.59. The second-order valence-corrected chi connectivity index (χ2v) is 6.40. The van der Waals surface area contributed by atoms with Crippen LogP contribution in [0, 0.1) is 0 Å². The molecule has 1 saturated heterocycles. The average Bonchev–Trinajstić information content (AvgIpc) is 2.20. The Balaban J connectivity index is 2.30. The van der Waals surface area contributed by atoms with Crippen LogP contribution in [0.2, 0.25) is 0 Å². The third kappa shape index (κ3) is 2.27. The number of aromatic nitrogens is 1. The van der Waals surface area contributed by atoms with Gasteiger partial charge in [0.1, 0.15) is 0 Å². The molecule has 2 rings (SSSR count). The van der Waals surface area contributed by atoms with E-state index in [0.29, 0.717) is 6.42 Å². The molecule has 1 aromatic rings. The Bertz CT molecular complexity index is 547. The fraction of sp³-hybridized carbons (Fsp3) is 0.500. The van der Waals surface area contributed by atoms with Crippen LogP contribution in [0.5, 0.6) is 0 Å². The van der Waals surface area contributed by atoms with Gasteiger partial charge >= 0.3 is 0 Å². The van der Waals surface area contributed by atoms with Gasteiger partial charge in [-0.05, 0) is 30.4 Å². The number of nitrogens with two attached hydrogens (primary N) is 1. The molecule has 0 radical (unpaired) electrons. The number of rotatable bonds is 1. The highest BCUT2D eigenvalue weighted by atomic mass is 32.2. The van der Waals surface area contributed by atoms with E-state index in [4.69, 9.17) is 5.73 Å². The molecule has 16 heavy (non-hydrogen) atoms. The van der Waals surface area contributed by atoms with Crippen molar-refractivity contribution in [3.63, 3.8) is 0 Å². The Morgan fingerprint density at radius 1 is 1.44 bits per heavy atom. The molecule has 1 aromatic heterocycles. The monoisotopic (exact) mass is 242 g/mol. The van der Waals surface area contributed by atoms with Crippen LogP contribution >= 0.6 is 0 Å². The molecule has 1 unspecified atom stereocenters. The summed E-state index contributed by atoms with van der Waals surface area (Å²) in [4.78, 5) is 13.6. The van der Waals surface area contributed by atoms with E-state index in [1.807, 2.05) is 0 Å². The number of hydrogen-bond acceptors (Lipinski definition) is 4. The fourth-order valence-electron chi connectivity index (χ4n) is 2.04. The third-order valence-electron chi connectivity index (χ3n) is 2.89. The predicted octanol–water partition coefficient (Wildman–Crippen LogP) is 0.249. The maximum Gasteiger partial charge on any atom is 0.271 e. The minimum atomic E-state index is -2.94. The molecule has 1 aliphatic rings. The normalized spacial score (nSPS) is 24.1. The summed E-state index contributed by atoms with van der Waals surface area (Å²) in [6.45, 7) is 0. The van der Waals surface area contributed by atoms with Crippen molar-refractivity contribution in [2.24, 2.45) is 0 Å². The first-order valence-electron chi connectivity index (χ1n) is 5.16. The minimum absolute atomic E-state index is 0.0436. The zero-order chi connectivity index (χ0) is 11.8. The maximum absolute atomic E-state index is 11.5. The predicted molar refractivity (Wildman–Crippen MR) is 62.1 cm³/mol. The molecule has 0 aliphatic carbocycles. The van der Waals surface area contributed by atoms with Gasteiger partial charge in [-0.2, -0.15) is 0 Å². The number of pyridine rings is 1. The number of anilines is 1. The molecule has 0 bridgehead atoms. The Kier molecular flexibility index (Phi) is 2.75. The summed E-state index contributed by atoms with van der Waals surface area (Å²) < 4.78 is 23.0. The van der Waals surface area contributed by atoms with Crippen molar-refractivity contribution in [2.75, 3.05) is 17.2 Å². The molecule has 1 atom stereocenters. The van der Waals surface area contributed by atoms with E-state index in [-0.39, 0.29) is 28.7 Å². The standard InChI is InChI=1S/C10H14N2O3S/c11-9-4-8(5-12-10(9)13)7-2-1-3-16(14,15)6-7/h4-5,7H,1-3,6,11H2,(H,12,13). The Morgan fingerprint density at radius 2 is 2.19 bits per heavy atom. The SMILES string of the molecule is Nc1cc(C2CCCS(=O)(=O)C2)c[nH]c1=O. The number of nitrogen functional groups attached to an aromatic ring is 1. The van der Waals surface area contributed by atoms with Crippen molar-refractivity contribution in [1.29, 1.82) is 0 Å². The largest absolute Gasteiger partial charge is 0.394 e. The summed E-state index contributed by atoms with van der Waals surface area (Å²) in [6, 6.07) is 1.57. The van der Waals surface area contributed by atoms with Gasteiger partial charge in [-0.15, -0.1) is 0 Å². The van der Waals surface area contributed by atoms with E-state index in [0.717, 1.165) is 12.0 Å². The molecular weight excluding hydrogens is 228 g/mol. The Labute approximate surface area is 93.6 Å². The average molecular weight is 242 g/mol. The van der Waals surface area contributed by atoms with Crippen LogP contribution in [0.4, 0.5) is 5.69 Å². The molecule has 0 spiro atoms. The van der Waals surface area contributed by atoms with Crippen LogP contribution in [0.1, 0.15) is 24.3 Å². The van der Waals surface area contributed by atoms with E-state index >= 15 is 0 Å². The van der Waals surface area contributed by atoms with Crippen molar-refractivity contribution < 1.29 is 8.42 Å². The highest BCUT2D eigenvalue weighted by Gasteiger charge is 2.26. The second-order valence-electron chi connectivity index (χ2n) is 4.17. The smallest absolute Gasteiger partial charge is 0.271 e. The van der Waals surface area contributed by atoms with Gasteiger partial charge < -0.3 is 10.7 Å². The first-order chi connectivity index (χ1) is 7.48. The molecule has 0 aromatic carbocycles. The number of nitrogens with one attached hydrogen (secondary N) is 1. The summed E-state index contributed by atoms with van der Waals surface area (Å²) in [5, 5.41) is 0. The van der Waals surface area contributed by atoms with Crippen LogP contribution < -0.4 is 11.3 Å². The molecule has 2 heterocycles. The lowest BCUT2D eigenvalue weighted by Crippen LogP contribution is -2.24. The van der Waals surface area contributed by atoms with Crippen molar-refractivity contribution in [1.82, 2.24) is 4.98 Å². The summed E-state index contributed by atoms with van der Waals surface area (Å²) in [7, 11) is -2.94. The van der Waals surface area contributed by atoms with Crippen molar-refractivity contribution >= 4 is 15.5 Å². The summed E-state index contributed by atoms with van der Waals surface area (Å²) >= 11 is 0. The van der Waals surface area contributed by atoms with Crippen LogP contribution in [-0.4, -0.2) is 24.9 Å². The van der Waals surface area contributed by atoms with Gasteiger partial charge in [0, 0.05) is 6.20 Å². The van der Waals surface area contributed by atoms with Gasteiger partial charge in [0.2, 0.25) is 0 Å². The lowest BCUT2D eigenvalue weighted by atomic mass is 9.97. The number of H-pyrrole nitrogens is 1. The summed E-state index contributed by atoms with van der Waals surface area (Å²) in [5.74, 6) is 0.374. The third-order valence-corrected chi connectivity index (χ3v) is 4.71. The van der Waals surface area contributed by atoms with E-state index < -0.39 is 9.84 Å². The first-order valence-corrected chi connectivity index (χ1v) is 6.98. The summed E-state index contributed by atoms with van der Waals surface area (Å²) in [6.07, 6.45) is 3.06. The molecule has 88 valence electrons. The Morgan fingerprint density at radius 3 is 2.81 bits per heavy atom. The molecule has 6 heteroatoms. The van der Waals surface area contributed by atoms with E-state index in [9.17, 15) is 13.2 Å². The van der Waals surface area contributed by atoms with Crippen molar-refractivity contribution in [2.45, 2.75) is 18.8 Å².